The molecule has 2 heteroatoms. The second-order valence-corrected chi connectivity index (χ2v) is 4.95. The second kappa shape index (κ2) is 4.98. The van der Waals surface area contributed by atoms with Gasteiger partial charge in [0.1, 0.15) is 0 Å². The van der Waals surface area contributed by atoms with Crippen LogP contribution in [0.2, 0.25) is 0 Å². The maximum atomic E-state index is 9.28. The average Bonchev–Trinajstić information content (AvgIpc) is 2.63. The lowest BCUT2D eigenvalue weighted by Gasteiger charge is -2.23. The van der Waals surface area contributed by atoms with Crippen molar-refractivity contribution in [3.8, 4) is 0 Å². The molecule has 0 saturated carbocycles. The van der Waals surface area contributed by atoms with Crippen LogP contribution in [0.1, 0.15) is 29.5 Å². The van der Waals surface area contributed by atoms with Gasteiger partial charge in [-0.1, -0.05) is 29.3 Å². The van der Waals surface area contributed by atoms with Crippen LogP contribution < -0.4 is 0 Å². The van der Waals surface area contributed by atoms with Gasteiger partial charge in [-0.3, -0.25) is 4.90 Å². The molecule has 1 aliphatic rings. The number of hydrogen-bond acceptors (Lipinski definition) is 2. The number of hydrogen-bond donors (Lipinski definition) is 1. The fraction of sp³-hybridized carbons (Fsp3) is 0.571. The Labute approximate surface area is 97.9 Å². The highest BCUT2D eigenvalue weighted by atomic mass is 16.3. The summed E-state index contributed by atoms with van der Waals surface area (Å²) in [6.45, 7) is 6.69. The van der Waals surface area contributed by atoms with Crippen molar-refractivity contribution in [2.45, 2.75) is 39.3 Å². The number of aryl methyl sites for hydroxylation is 2. The van der Waals surface area contributed by atoms with E-state index < -0.39 is 0 Å². The first-order chi connectivity index (χ1) is 7.69. The predicted molar refractivity (Wildman–Crippen MR) is 66.4 cm³/mol. The lowest BCUT2D eigenvalue weighted by atomic mass is 10.1. The van der Waals surface area contributed by atoms with Crippen LogP contribution in [-0.4, -0.2) is 29.2 Å². The summed E-state index contributed by atoms with van der Waals surface area (Å²) in [5.41, 5.74) is 4.03. The molecule has 1 saturated heterocycles. The maximum Gasteiger partial charge on any atom is 0.0587 e. The number of aliphatic hydroxyl groups is 1. The maximum absolute atomic E-state index is 9.28. The summed E-state index contributed by atoms with van der Waals surface area (Å²) in [7, 11) is 0. The molecule has 88 valence electrons. The topological polar surface area (TPSA) is 23.5 Å². The van der Waals surface area contributed by atoms with Crippen LogP contribution in [0.5, 0.6) is 0 Å². The summed E-state index contributed by atoms with van der Waals surface area (Å²) in [5, 5.41) is 9.28. The molecule has 1 atom stereocenters. The smallest absolute Gasteiger partial charge is 0.0587 e. The quantitative estimate of drug-likeness (QED) is 0.843. The molecule has 1 unspecified atom stereocenters. The fourth-order valence-electron chi connectivity index (χ4n) is 2.70. The molecule has 1 aromatic rings. The molecule has 1 aromatic carbocycles. The zero-order valence-corrected chi connectivity index (χ0v) is 10.2. The molecule has 0 amide bonds. The van der Waals surface area contributed by atoms with E-state index in [-0.39, 0.29) is 0 Å². The Morgan fingerprint density at radius 3 is 2.56 bits per heavy atom. The molecule has 2 rings (SSSR count). The molecule has 16 heavy (non-hydrogen) atoms. The van der Waals surface area contributed by atoms with Gasteiger partial charge < -0.3 is 5.11 Å². The van der Waals surface area contributed by atoms with Crippen molar-refractivity contribution in [1.29, 1.82) is 0 Å². The van der Waals surface area contributed by atoms with Gasteiger partial charge in [0, 0.05) is 12.6 Å². The minimum absolute atomic E-state index is 0.296. The minimum Gasteiger partial charge on any atom is -0.395 e. The SMILES string of the molecule is Cc1cc(C)cc(CN2CCCC2CO)c1. The molecule has 2 nitrogen and oxygen atoms in total. The van der Waals surface area contributed by atoms with Crippen molar-refractivity contribution >= 4 is 0 Å². The number of likely N-dealkylation sites (tertiary alicyclic amines) is 1. The van der Waals surface area contributed by atoms with E-state index in [4.69, 9.17) is 0 Å². The first-order valence-electron chi connectivity index (χ1n) is 6.11. The van der Waals surface area contributed by atoms with E-state index in [1.165, 1.54) is 23.1 Å². The van der Waals surface area contributed by atoms with Gasteiger partial charge in [0.15, 0.2) is 0 Å². The van der Waals surface area contributed by atoms with E-state index in [1.54, 1.807) is 0 Å². The summed E-state index contributed by atoms with van der Waals surface area (Å²) < 4.78 is 0. The number of rotatable bonds is 3. The third kappa shape index (κ3) is 2.63. The van der Waals surface area contributed by atoms with E-state index in [1.807, 2.05) is 0 Å². The van der Waals surface area contributed by atoms with Crippen molar-refractivity contribution in [1.82, 2.24) is 4.90 Å². The second-order valence-electron chi connectivity index (χ2n) is 4.95. The normalized spacial score (nSPS) is 21.6. The highest BCUT2D eigenvalue weighted by Crippen LogP contribution is 2.20. The van der Waals surface area contributed by atoms with E-state index in [0.29, 0.717) is 12.6 Å². The van der Waals surface area contributed by atoms with Gasteiger partial charge in [-0.25, -0.2) is 0 Å². The van der Waals surface area contributed by atoms with Gasteiger partial charge in [-0.15, -0.1) is 0 Å². The third-order valence-electron chi connectivity index (χ3n) is 3.38. The number of aliphatic hydroxyl groups excluding tert-OH is 1. The molecule has 1 heterocycles. The summed E-state index contributed by atoms with van der Waals surface area (Å²) in [4.78, 5) is 2.40. The summed E-state index contributed by atoms with van der Waals surface area (Å²) >= 11 is 0. The van der Waals surface area contributed by atoms with E-state index in [2.05, 4.69) is 36.9 Å². The molecule has 0 bridgehead atoms. The van der Waals surface area contributed by atoms with Crippen molar-refractivity contribution in [2.24, 2.45) is 0 Å². The van der Waals surface area contributed by atoms with Gasteiger partial charge in [-0.05, 0) is 38.8 Å². The van der Waals surface area contributed by atoms with Gasteiger partial charge in [0.25, 0.3) is 0 Å². The van der Waals surface area contributed by atoms with Crippen molar-refractivity contribution in [3.05, 3.63) is 34.9 Å². The Bertz CT molecular complexity index is 342. The molecular formula is C14H21NO. The lowest BCUT2D eigenvalue weighted by molar-refractivity contribution is 0.153. The van der Waals surface area contributed by atoms with E-state index >= 15 is 0 Å². The van der Waals surface area contributed by atoms with Crippen LogP contribution >= 0.6 is 0 Å². The summed E-state index contributed by atoms with van der Waals surface area (Å²) in [6, 6.07) is 7.08. The summed E-state index contributed by atoms with van der Waals surface area (Å²) in [5.74, 6) is 0. The lowest BCUT2D eigenvalue weighted by Crippen LogP contribution is -2.31. The van der Waals surface area contributed by atoms with Crippen LogP contribution in [-0.2, 0) is 6.54 Å². The Balaban J connectivity index is 2.08. The fourth-order valence-corrected chi connectivity index (χ4v) is 2.70. The monoisotopic (exact) mass is 219 g/mol. The van der Waals surface area contributed by atoms with Crippen LogP contribution in [0, 0.1) is 13.8 Å². The van der Waals surface area contributed by atoms with Crippen molar-refractivity contribution < 1.29 is 5.11 Å². The van der Waals surface area contributed by atoms with Gasteiger partial charge in [0.2, 0.25) is 0 Å². The van der Waals surface area contributed by atoms with Gasteiger partial charge in [-0.2, -0.15) is 0 Å². The molecular weight excluding hydrogens is 198 g/mol. The van der Waals surface area contributed by atoms with E-state index in [9.17, 15) is 5.11 Å². The zero-order valence-electron chi connectivity index (χ0n) is 10.2. The van der Waals surface area contributed by atoms with Crippen LogP contribution in [0.3, 0.4) is 0 Å². The Hall–Kier alpha value is -0.860. The van der Waals surface area contributed by atoms with Gasteiger partial charge >= 0.3 is 0 Å². The Morgan fingerprint density at radius 2 is 1.94 bits per heavy atom. The standard InChI is InChI=1S/C14H21NO/c1-11-6-12(2)8-13(7-11)9-15-5-3-4-14(15)10-16/h6-8,14,16H,3-5,9-10H2,1-2H3. The highest BCUT2D eigenvalue weighted by Gasteiger charge is 2.23. The van der Waals surface area contributed by atoms with Crippen LogP contribution in [0.25, 0.3) is 0 Å². The average molecular weight is 219 g/mol. The molecule has 1 N–H and O–H groups in total. The van der Waals surface area contributed by atoms with Crippen LogP contribution in [0.4, 0.5) is 0 Å². The Kier molecular flexibility index (Phi) is 3.62. The number of nitrogens with zero attached hydrogens (tertiary/aromatic N) is 1. The zero-order chi connectivity index (χ0) is 11.5. The minimum atomic E-state index is 0.296. The number of benzene rings is 1. The molecule has 0 aromatic heterocycles. The predicted octanol–water partition coefficient (Wildman–Crippen LogP) is 2.26. The van der Waals surface area contributed by atoms with E-state index in [0.717, 1.165) is 19.5 Å². The molecule has 0 aliphatic carbocycles. The van der Waals surface area contributed by atoms with Gasteiger partial charge in [0.05, 0.1) is 6.61 Å². The summed E-state index contributed by atoms with van der Waals surface area (Å²) in [6.07, 6.45) is 2.36. The van der Waals surface area contributed by atoms with Crippen molar-refractivity contribution in [3.63, 3.8) is 0 Å². The molecule has 0 radical (unpaired) electrons. The highest BCUT2D eigenvalue weighted by molar-refractivity contribution is 5.28. The van der Waals surface area contributed by atoms with Crippen LogP contribution in [0.15, 0.2) is 18.2 Å². The molecule has 1 aliphatic heterocycles. The molecule has 1 fully saturated rings. The first kappa shape index (κ1) is 11.6. The third-order valence-corrected chi connectivity index (χ3v) is 3.38. The van der Waals surface area contributed by atoms with Crippen molar-refractivity contribution in [2.75, 3.05) is 13.2 Å². The first-order valence-corrected chi connectivity index (χ1v) is 6.11. The molecule has 0 spiro atoms. The Morgan fingerprint density at radius 1 is 1.25 bits per heavy atom. The largest absolute Gasteiger partial charge is 0.395 e.